The van der Waals surface area contributed by atoms with Gasteiger partial charge in [-0.1, -0.05) is 36.3 Å². The number of terminal acetylenes is 1. The summed E-state index contributed by atoms with van der Waals surface area (Å²) in [5, 5.41) is -0.216. The standard InChI is InChI=1S/C30H32ClN5O10/c1-6-29(46-18(5)38)20(15-43-30(26(39)41-7-2,27(40)42-8-3)14-19-12-10-9-11-13-19)45-25(22(29)44-17(4)37)36-16-33-21-23(32)34-28(31)35-24(21)36/h1,9-13,16,20,22,25H,7-8,14-15H2,2-5H3,(H2,32,34,35)/t20-,22+,25-,29-/m1/s1. The molecule has 0 unspecified atom stereocenters. The summed E-state index contributed by atoms with van der Waals surface area (Å²) in [6, 6.07) is 8.56. The fourth-order valence-electron chi connectivity index (χ4n) is 5.09. The second-order valence-corrected chi connectivity index (χ2v) is 10.4. The fourth-order valence-corrected chi connectivity index (χ4v) is 5.26. The Labute approximate surface area is 268 Å². The number of benzene rings is 1. The van der Waals surface area contributed by atoms with Crippen molar-refractivity contribution in [1.82, 2.24) is 19.5 Å². The van der Waals surface area contributed by atoms with Gasteiger partial charge in [0.05, 0.1) is 26.1 Å². The van der Waals surface area contributed by atoms with Crippen molar-refractivity contribution in [2.45, 2.75) is 63.8 Å². The first-order chi connectivity index (χ1) is 21.9. The first kappa shape index (κ1) is 34.1. The lowest BCUT2D eigenvalue weighted by Gasteiger charge is -2.34. The lowest BCUT2D eigenvalue weighted by atomic mass is 9.91. The number of hydrogen-bond acceptors (Lipinski definition) is 14. The monoisotopic (exact) mass is 657 g/mol. The summed E-state index contributed by atoms with van der Waals surface area (Å²) in [7, 11) is 0. The SMILES string of the molecule is C#C[C@@]1(OC(C)=O)[C@@H](COC(Cc2ccccc2)(C(=O)OCC)C(=O)OCC)O[C@@H](n2cnc3c(N)nc(Cl)nc32)[C@@H]1OC(C)=O. The summed E-state index contributed by atoms with van der Waals surface area (Å²) in [4.78, 5) is 64.2. The van der Waals surface area contributed by atoms with Crippen molar-refractivity contribution in [3.8, 4) is 12.3 Å². The zero-order valence-corrected chi connectivity index (χ0v) is 26.2. The number of rotatable bonds is 12. The van der Waals surface area contributed by atoms with Crippen LogP contribution in [0.3, 0.4) is 0 Å². The van der Waals surface area contributed by atoms with Gasteiger partial charge in [0.25, 0.3) is 5.60 Å². The van der Waals surface area contributed by atoms with Crippen LogP contribution in [-0.2, 0) is 54.0 Å². The Morgan fingerprint density at radius 3 is 2.30 bits per heavy atom. The molecule has 46 heavy (non-hydrogen) atoms. The van der Waals surface area contributed by atoms with E-state index in [1.54, 1.807) is 44.2 Å². The molecule has 3 heterocycles. The zero-order valence-electron chi connectivity index (χ0n) is 25.4. The second-order valence-electron chi connectivity index (χ2n) is 10.0. The maximum Gasteiger partial charge on any atom is 0.350 e. The number of anilines is 1. The Morgan fingerprint density at radius 1 is 1.09 bits per heavy atom. The van der Waals surface area contributed by atoms with E-state index in [4.69, 9.17) is 52.2 Å². The van der Waals surface area contributed by atoms with Crippen LogP contribution >= 0.6 is 11.6 Å². The largest absolute Gasteiger partial charge is 0.463 e. The predicted molar refractivity (Wildman–Crippen MR) is 160 cm³/mol. The van der Waals surface area contributed by atoms with Crippen LogP contribution in [0.5, 0.6) is 0 Å². The molecule has 244 valence electrons. The highest BCUT2D eigenvalue weighted by Gasteiger charge is 2.63. The van der Waals surface area contributed by atoms with Gasteiger partial charge in [0.2, 0.25) is 17.0 Å². The normalized spacial score (nSPS) is 20.9. The van der Waals surface area contributed by atoms with Gasteiger partial charge in [-0.25, -0.2) is 14.6 Å². The van der Waals surface area contributed by atoms with Crippen LogP contribution < -0.4 is 5.73 Å². The van der Waals surface area contributed by atoms with Gasteiger partial charge in [-0.3, -0.25) is 14.2 Å². The number of esters is 4. The molecule has 2 N–H and O–H groups in total. The van der Waals surface area contributed by atoms with Crippen LogP contribution in [0, 0.1) is 12.3 Å². The summed E-state index contributed by atoms with van der Waals surface area (Å²) in [5.41, 5.74) is 2.21. The molecule has 1 aliphatic heterocycles. The number of halogens is 1. The third-order valence-electron chi connectivity index (χ3n) is 6.98. The molecule has 1 saturated heterocycles. The van der Waals surface area contributed by atoms with Gasteiger partial charge in [-0.2, -0.15) is 9.97 Å². The quantitative estimate of drug-likeness (QED) is 0.0976. The molecule has 0 aliphatic carbocycles. The Bertz CT molecular complexity index is 1640. The molecule has 1 aliphatic rings. The maximum absolute atomic E-state index is 13.5. The van der Waals surface area contributed by atoms with E-state index in [2.05, 4.69) is 20.9 Å². The van der Waals surface area contributed by atoms with Gasteiger partial charge in [-0.15, -0.1) is 6.42 Å². The van der Waals surface area contributed by atoms with Crippen molar-refractivity contribution >= 4 is 52.5 Å². The van der Waals surface area contributed by atoms with Crippen molar-refractivity contribution in [2.24, 2.45) is 0 Å². The highest BCUT2D eigenvalue weighted by Crippen LogP contribution is 2.44. The van der Waals surface area contributed by atoms with Gasteiger partial charge < -0.3 is 34.2 Å². The Balaban J connectivity index is 1.85. The molecule has 2 aromatic heterocycles. The van der Waals surface area contributed by atoms with Gasteiger partial charge >= 0.3 is 23.9 Å². The number of fused-ring (bicyclic) bond motifs is 1. The number of ether oxygens (including phenoxy) is 6. The smallest absolute Gasteiger partial charge is 0.350 e. The summed E-state index contributed by atoms with van der Waals surface area (Å²) >= 11 is 6.06. The molecule has 4 atom stereocenters. The number of nitrogens with zero attached hydrogens (tertiary/aromatic N) is 4. The number of carbonyl (C=O) groups excluding carboxylic acids is 4. The van der Waals surface area contributed by atoms with Crippen LogP contribution in [-0.4, -0.2) is 86.6 Å². The van der Waals surface area contributed by atoms with E-state index in [1.165, 1.54) is 10.9 Å². The van der Waals surface area contributed by atoms with Crippen molar-refractivity contribution in [2.75, 3.05) is 25.6 Å². The Kier molecular flexibility index (Phi) is 10.5. The maximum atomic E-state index is 13.5. The van der Waals surface area contributed by atoms with Crippen molar-refractivity contribution in [3.05, 3.63) is 47.5 Å². The third kappa shape index (κ3) is 6.59. The van der Waals surface area contributed by atoms with Crippen LogP contribution in [0.4, 0.5) is 5.82 Å². The average molecular weight is 658 g/mol. The molecule has 0 amide bonds. The molecular formula is C30H32ClN5O10. The molecule has 16 heteroatoms. The summed E-state index contributed by atoms with van der Waals surface area (Å²) in [6.07, 6.45) is 2.60. The lowest BCUT2D eigenvalue weighted by Crippen LogP contribution is -2.57. The van der Waals surface area contributed by atoms with E-state index < -0.39 is 60.1 Å². The predicted octanol–water partition coefficient (Wildman–Crippen LogP) is 1.95. The molecule has 0 bridgehead atoms. The van der Waals surface area contributed by atoms with E-state index in [-0.39, 0.29) is 41.9 Å². The van der Waals surface area contributed by atoms with Gasteiger partial charge in [0, 0.05) is 20.3 Å². The van der Waals surface area contributed by atoms with Crippen LogP contribution in [0.2, 0.25) is 5.28 Å². The minimum absolute atomic E-state index is 0.0477. The van der Waals surface area contributed by atoms with Crippen molar-refractivity contribution < 1.29 is 47.6 Å². The minimum atomic E-state index is -2.35. The fraction of sp³-hybridized carbons (Fsp3) is 0.433. The highest BCUT2D eigenvalue weighted by molar-refractivity contribution is 6.28. The second kappa shape index (κ2) is 14.1. The molecule has 0 radical (unpaired) electrons. The average Bonchev–Trinajstić information content (AvgIpc) is 3.54. The van der Waals surface area contributed by atoms with Gasteiger partial charge in [0.1, 0.15) is 11.6 Å². The minimum Gasteiger partial charge on any atom is -0.463 e. The summed E-state index contributed by atoms with van der Waals surface area (Å²) < 4.78 is 35.6. The lowest BCUT2D eigenvalue weighted by molar-refractivity contribution is -0.200. The topological polar surface area (TPSA) is 193 Å². The molecular weight excluding hydrogens is 626 g/mol. The van der Waals surface area contributed by atoms with E-state index in [1.807, 2.05) is 0 Å². The number of hydrogen-bond donors (Lipinski definition) is 1. The molecule has 3 aromatic rings. The van der Waals surface area contributed by atoms with Crippen molar-refractivity contribution in [1.29, 1.82) is 0 Å². The molecule has 4 rings (SSSR count). The van der Waals surface area contributed by atoms with Crippen LogP contribution in [0.15, 0.2) is 36.7 Å². The number of carbonyl (C=O) groups is 4. The van der Waals surface area contributed by atoms with E-state index in [9.17, 15) is 19.2 Å². The number of nitrogens with two attached hydrogens (primary N) is 1. The number of aromatic nitrogens is 4. The van der Waals surface area contributed by atoms with Gasteiger partial charge in [0.15, 0.2) is 17.7 Å². The van der Waals surface area contributed by atoms with Crippen LogP contribution in [0.1, 0.15) is 39.5 Å². The number of nitrogen functional groups attached to an aromatic ring is 1. The Morgan fingerprint density at radius 2 is 1.74 bits per heavy atom. The summed E-state index contributed by atoms with van der Waals surface area (Å²) in [6.45, 7) is 4.49. The van der Waals surface area contributed by atoms with Crippen LogP contribution in [0.25, 0.3) is 11.2 Å². The third-order valence-corrected chi connectivity index (χ3v) is 7.15. The van der Waals surface area contributed by atoms with Gasteiger partial charge in [-0.05, 0) is 31.0 Å². The van der Waals surface area contributed by atoms with E-state index in [0.29, 0.717) is 5.56 Å². The molecule has 0 saturated carbocycles. The molecule has 1 aromatic carbocycles. The first-order valence-electron chi connectivity index (χ1n) is 14.1. The first-order valence-corrected chi connectivity index (χ1v) is 14.5. The molecule has 0 spiro atoms. The molecule has 1 fully saturated rings. The van der Waals surface area contributed by atoms with E-state index >= 15 is 0 Å². The van der Waals surface area contributed by atoms with E-state index in [0.717, 1.165) is 13.8 Å². The highest BCUT2D eigenvalue weighted by atomic mass is 35.5. The van der Waals surface area contributed by atoms with Crippen molar-refractivity contribution in [3.63, 3.8) is 0 Å². The summed E-state index contributed by atoms with van der Waals surface area (Å²) in [5.74, 6) is -1.39. The zero-order chi connectivity index (χ0) is 33.6. The Hall–Kier alpha value is -4.78. The number of imidazole rings is 1. The molecule has 15 nitrogen and oxygen atoms in total.